The summed E-state index contributed by atoms with van der Waals surface area (Å²) >= 11 is 0. The Hall–Kier alpha value is -4.17. The van der Waals surface area contributed by atoms with Gasteiger partial charge in [0.05, 0.1) is 16.6 Å². The summed E-state index contributed by atoms with van der Waals surface area (Å²) in [6.45, 7) is 2.24. The number of amides is 1. The molecule has 1 atom stereocenters. The maximum absolute atomic E-state index is 12.8. The zero-order valence-electron chi connectivity index (χ0n) is 19.1. The molecule has 178 valence electrons. The zero-order chi connectivity index (χ0) is 24.7. The van der Waals surface area contributed by atoms with Gasteiger partial charge in [0, 0.05) is 17.4 Å². The van der Waals surface area contributed by atoms with Gasteiger partial charge >= 0.3 is 0 Å². The smallest absolute Gasteiger partial charge is 0.261 e. The average Bonchev–Trinajstić information content (AvgIpc) is 2.89. The number of carbonyl (C=O) groups is 1. The summed E-state index contributed by atoms with van der Waals surface area (Å²) in [6, 6.07) is 27.3. The minimum Gasteiger partial charge on any atom is -0.487 e. The van der Waals surface area contributed by atoms with Gasteiger partial charge in [-0.2, -0.15) is 0 Å². The van der Waals surface area contributed by atoms with Crippen LogP contribution in [0, 0.1) is 0 Å². The van der Waals surface area contributed by atoms with Crippen molar-refractivity contribution in [2.45, 2.75) is 24.5 Å². The van der Waals surface area contributed by atoms with Gasteiger partial charge in [0.1, 0.15) is 12.4 Å². The van der Waals surface area contributed by atoms with Crippen molar-refractivity contribution in [1.29, 1.82) is 0 Å². The number of carbonyl (C=O) groups excluding carboxylic acids is 1. The molecule has 0 bridgehead atoms. The van der Waals surface area contributed by atoms with Gasteiger partial charge in [-0.1, -0.05) is 36.4 Å². The second-order valence-corrected chi connectivity index (χ2v) is 9.56. The first-order valence-corrected chi connectivity index (χ1v) is 12.5. The van der Waals surface area contributed by atoms with E-state index >= 15 is 0 Å². The second-order valence-electron chi connectivity index (χ2n) is 7.87. The highest BCUT2D eigenvalue weighted by Gasteiger charge is 2.15. The number of sulfonamides is 1. The number of benzene rings is 3. The molecule has 0 aliphatic heterocycles. The first kappa shape index (κ1) is 24.0. The Kier molecular flexibility index (Phi) is 7.42. The van der Waals surface area contributed by atoms with Crippen molar-refractivity contribution in [2.75, 3.05) is 4.72 Å². The van der Waals surface area contributed by atoms with Crippen LogP contribution in [0.5, 0.6) is 5.75 Å². The number of anilines is 1. The molecule has 2 N–H and O–H groups in total. The van der Waals surface area contributed by atoms with E-state index in [0.29, 0.717) is 23.6 Å². The molecule has 1 heterocycles. The van der Waals surface area contributed by atoms with Crippen LogP contribution in [0.3, 0.4) is 0 Å². The maximum Gasteiger partial charge on any atom is 0.261 e. The molecule has 1 amide bonds. The van der Waals surface area contributed by atoms with Crippen LogP contribution in [0.1, 0.15) is 34.6 Å². The van der Waals surface area contributed by atoms with Crippen LogP contribution < -0.4 is 14.8 Å². The lowest BCUT2D eigenvalue weighted by Gasteiger charge is -2.16. The topological polar surface area (TPSA) is 97.4 Å². The summed E-state index contributed by atoms with van der Waals surface area (Å²) in [4.78, 5) is 17.2. The largest absolute Gasteiger partial charge is 0.487 e. The molecule has 0 aliphatic carbocycles. The number of rotatable bonds is 9. The van der Waals surface area contributed by atoms with Crippen LogP contribution in [0.2, 0.25) is 0 Å². The summed E-state index contributed by atoms with van der Waals surface area (Å²) < 4.78 is 33.3. The summed E-state index contributed by atoms with van der Waals surface area (Å²) in [7, 11) is -3.69. The summed E-state index contributed by atoms with van der Waals surface area (Å²) in [5.74, 6) is 0.416. The highest BCUT2D eigenvalue weighted by molar-refractivity contribution is 7.92. The zero-order valence-corrected chi connectivity index (χ0v) is 19.9. The first-order valence-electron chi connectivity index (χ1n) is 11.0. The third-order valence-electron chi connectivity index (χ3n) is 5.27. The molecule has 35 heavy (non-hydrogen) atoms. The predicted octanol–water partition coefficient (Wildman–Crippen LogP) is 4.95. The lowest BCUT2D eigenvalue weighted by Crippen LogP contribution is -2.26. The molecule has 0 fully saturated rings. The fraction of sp³-hybridized carbons (Fsp3) is 0.111. The Morgan fingerprint density at radius 1 is 0.914 bits per heavy atom. The quantitative estimate of drug-likeness (QED) is 0.348. The third-order valence-corrected chi connectivity index (χ3v) is 6.67. The number of hydrogen-bond donors (Lipinski definition) is 2. The van der Waals surface area contributed by atoms with Gasteiger partial charge in [-0.05, 0) is 73.2 Å². The van der Waals surface area contributed by atoms with Crippen LogP contribution in [-0.2, 0) is 16.6 Å². The average molecular weight is 488 g/mol. The Morgan fingerprint density at radius 3 is 2.37 bits per heavy atom. The van der Waals surface area contributed by atoms with Crippen LogP contribution in [0.15, 0.2) is 108 Å². The van der Waals surface area contributed by atoms with E-state index in [1.807, 2.05) is 49.4 Å². The molecule has 0 spiro atoms. The number of ether oxygens (including phenoxy) is 1. The molecule has 8 heteroatoms. The SMILES string of the molecule is CC(NC(=O)c1ccc(NS(=O)(=O)c2ccccc2)cc1)c1cccc(OCc2ccccn2)c1. The van der Waals surface area contributed by atoms with Crippen molar-refractivity contribution in [2.24, 2.45) is 0 Å². The van der Waals surface area contributed by atoms with E-state index < -0.39 is 10.0 Å². The molecule has 1 unspecified atom stereocenters. The molecular weight excluding hydrogens is 462 g/mol. The Labute approximate surface area is 204 Å². The van der Waals surface area contributed by atoms with Gasteiger partial charge in [0.15, 0.2) is 0 Å². The van der Waals surface area contributed by atoms with Crippen LogP contribution in [0.25, 0.3) is 0 Å². The van der Waals surface area contributed by atoms with E-state index in [4.69, 9.17) is 4.74 Å². The summed E-state index contributed by atoms with van der Waals surface area (Å²) in [6.07, 6.45) is 1.72. The van der Waals surface area contributed by atoms with Crippen molar-refractivity contribution in [3.63, 3.8) is 0 Å². The fourth-order valence-corrected chi connectivity index (χ4v) is 4.46. The minimum absolute atomic E-state index is 0.168. The maximum atomic E-state index is 12.8. The number of nitrogens with zero attached hydrogens (tertiary/aromatic N) is 1. The molecule has 0 radical (unpaired) electrons. The van der Waals surface area contributed by atoms with E-state index in [2.05, 4.69) is 15.0 Å². The molecule has 7 nitrogen and oxygen atoms in total. The Balaban J connectivity index is 1.36. The van der Waals surface area contributed by atoms with Crippen LogP contribution >= 0.6 is 0 Å². The van der Waals surface area contributed by atoms with Gasteiger partial charge in [0.25, 0.3) is 15.9 Å². The molecule has 4 rings (SSSR count). The molecule has 1 aromatic heterocycles. The van der Waals surface area contributed by atoms with E-state index in [-0.39, 0.29) is 16.8 Å². The van der Waals surface area contributed by atoms with Crippen molar-refractivity contribution in [1.82, 2.24) is 10.3 Å². The van der Waals surface area contributed by atoms with Gasteiger partial charge < -0.3 is 10.1 Å². The predicted molar refractivity (Wildman–Crippen MR) is 135 cm³/mol. The van der Waals surface area contributed by atoms with Gasteiger partial charge in [-0.25, -0.2) is 8.42 Å². The van der Waals surface area contributed by atoms with Crippen molar-refractivity contribution in [3.05, 3.63) is 120 Å². The fourth-order valence-electron chi connectivity index (χ4n) is 3.38. The third kappa shape index (κ3) is 6.45. The second kappa shape index (κ2) is 10.8. The number of aromatic nitrogens is 1. The van der Waals surface area contributed by atoms with Crippen molar-refractivity contribution < 1.29 is 17.9 Å². The standard InChI is InChI=1S/C27H25N3O4S/c1-20(22-8-7-10-25(18-22)34-19-24-9-5-6-17-28-24)29-27(31)21-13-15-23(16-14-21)30-35(32,33)26-11-3-2-4-12-26/h2-18,20,30H,19H2,1H3,(H,29,31). The first-order chi connectivity index (χ1) is 16.9. The monoisotopic (exact) mass is 487 g/mol. The number of pyridine rings is 1. The molecule has 0 saturated carbocycles. The molecule has 0 saturated heterocycles. The van der Waals surface area contributed by atoms with Crippen molar-refractivity contribution >= 4 is 21.6 Å². The van der Waals surface area contributed by atoms with Gasteiger partial charge in [0.2, 0.25) is 0 Å². The van der Waals surface area contributed by atoms with Gasteiger partial charge in [-0.15, -0.1) is 0 Å². The van der Waals surface area contributed by atoms with E-state index in [1.54, 1.807) is 48.7 Å². The normalized spacial score (nSPS) is 11.9. The molecule has 4 aromatic rings. The molecule has 3 aromatic carbocycles. The lowest BCUT2D eigenvalue weighted by atomic mass is 10.1. The Morgan fingerprint density at radius 2 is 1.66 bits per heavy atom. The molecule has 0 aliphatic rings. The van der Waals surface area contributed by atoms with E-state index in [1.165, 1.54) is 12.1 Å². The number of nitrogens with one attached hydrogen (secondary N) is 2. The van der Waals surface area contributed by atoms with Crippen molar-refractivity contribution in [3.8, 4) is 5.75 Å². The van der Waals surface area contributed by atoms with Gasteiger partial charge in [-0.3, -0.25) is 14.5 Å². The highest BCUT2D eigenvalue weighted by atomic mass is 32.2. The van der Waals surface area contributed by atoms with Crippen LogP contribution in [0.4, 0.5) is 5.69 Å². The highest BCUT2D eigenvalue weighted by Crippen LogP contribution is 2.21. The number of hydrogen-bond acceptors (Lipinski definition) is 5. The Bertz CT molecular complexity index is 1380. The lowest BCUT2D eigenvalue weighted by molar-refractivity contribution is 0.0940. The van der Waals surface area contributed by atoms with E-state index in [9.17, 15) is 13.2 Å². The van der Waals surface area contributed by atoms with Crippen LogP contribution in [-0.4, -0.2) is 19.3 Å². The minimum atomic E-state index is -3.69. The van der Waals surface area contributed by atoms with E-state index in [0.717, 1.165) is 11.3 Å². The summed E-state index contributed by atoms with van der Waals surface area (Å²) in [5.41, 5.74) is 2.51. The molecular formula is C27H25N3O4S. The summed E-state index contributed by atoms with van der Waals surface area (Å²) in [5, 5.41) is 2.96.